The van der Waals surface area contributed by atoms with Crippen molar-refractivity contribution in [2.24, 2.45) is 5.84 Å². The van der Waals surface area contributed by atoms with Gasteiger partial charge in [-0.2, -0.15) is 0 Å². The molecule has 0 spiro atoms. The molecule has 0 unspecified atom stereocenters. The Morgan fingerprint density at radius 3 is 2.60 bits per heavy atom. The zero-order valence-electron chi connectivity index (χ0n) is 7.94. The summed E-state index contributed by atoms with van der Waals surface area (Å²) in [5.74, 6) is 4.68. The van der Waals surface area contributed by atoms with Gasteiger partial charge in [0.15, 0.2) is 5.11 Å². The maximum absolute atomic E-state index is 11.2. The minimum atomic E-state index is -0.318. The second-order valence-corrected chi connectivity index (χ2v) is 3.11. The van der Waals surface area contributed by atoms with Gasteiger partial charge in [0.1, 0.15) is 0 Å². The molecule has 0 saturated heterocycles. The third-order valence-corrected chi connectivity index (χ3v) is 1.81. The van der Waals surface area contributed by atoms with Crippen LogP contribution in [0.1, 0.15) is 5.56 Å². The van der Waals surface area contributed by atoms with Gasteiger partial charge in [-0.1, -0.05) is 30.3 Å². The number of hydrazine groups is 1. The predicted molar refractivity (Wildman–Crippen MR) is 63.5 cm³/mol. The molecule has 0 fully saturated rings. The van der Waals surface area contributed by atoms with Crippen LogP contribution >= 0.6 is 12.2 Å². The van der Waals surface area contributed by atoms with Crippen molar-refractivity contribution in [3.05, 3.63) is 42.0 Å². The van der Waals surface area contributed by atoms with Crippen LogP contribution in [-0.4, -0.2) is 11.0 Å². The molecule has 0 bridgehead atoms. The fourth-order valence-corrected chi connectivity index (χ4v) is 1.03. The number of nitrogens with two attached hydrogens (primary N) is 1. The summed E-state index contributed by atoms with van der Waals surface area (Å²) in [5.41, 5.74) is 3.10. The summed E-state index contributed by atoms with van der Waals surface area (Å²) >= 11 is 4.66. The van der Waals surface area contributed by atoms with Gasteiger partial charge < -0.3 is 5.43 Å². The lowest BCUT2D eigenvalue weighted by atomic mass is 10.2. The fourth-order valence-electron chi connectivity index (χ4n) is 0.926. The molecule has 0 aromatic heterocycles. The van der Waals surface area contributed by atoms with Crippen molar-refractivity contribution in [2.45, 2.75) is 0 Å². The monoisotopic (exact) mass is 221 g/mol. The number of carbonyl (C=O) groups excluding carboxylic acids is 1. The summed E-state index contributed by atoms with van der Waals surface area (Å²) in [6, 6.07) is 9.48. The fraction of sp³-hybridized carbons (Fsp3) is 0. The number of nitrogens with one attached hydrogen (secondary N) is 2. The molecule has 0 atom stereocenters. The third kappa shape index (κ3) is 4.35. The van der Waals surface area contributed by atoms with Crippen molar-refractivity contribution in [2.75, 3.05) is 0 Å². The summed E-state index contributed by atoms with van der Waals surface area (Å²) in [4.78, 5) is 11.2. The first-order valence-electron chi connectivity index (χ1n) is 4.27. The molecular weight excluding hydrogens is 210 g/mol. The van der Waals surface area contributed by atoms with Crippen LogP contribution in [0.25, 0.3) is 6.08 Å². The molecule has 15 heavy (non-hydrogen) atoms. The third-order valence-electron chi connectivity index (χ3n) is 1.59. The van der Waals surface area contributed by atoms with Gasteiger partial charge in [-0.25, -0.2) is 5.84 Å². The maximum atomic E-state index is 11.2. The Bertz CT molecular complexity index is 376. The number of benzene rings is 1. The van der Waals surface area contributed by atoms with E-state index in [0.717, 1.165) is 5.56 Å². The first-order valence-corrected chi connectivity index (χ1v) is 4.68. The van der Waals surface area contributed by atoms with Gasteiger partial charge in [0, 0.05) is 6.08 Å². The zero-order valence-corrected chi connectivity index (χ0v) is 8.75. The van der Waals surface area contributed by atoms with Crippen molar-refractivity contribution in [1.29, 1.82) is 0 Å². The quantitative estimate of drug-likeness (QED) is 0.295. The maximum Gasteiger partial charge on any atom is 0.250 e. The highest BCUT2D eigenvalue weighted by molar-refractivity contribution is 7.80. The van der Waals surface area contributed by atoms with E-state index in [0.29, 0.717) is 0 Å². The number of hydrogen-bond donors (Lipinski definition) is 3. The molecule has 0 heterocycles. The van der Waals surface area contributed by atoms with Gasteiger partial charge in [-0.3, -0.25) is 10.1 Å². The highest BCUT2D eigenvalue weighted by Crippen LogP contribution is 2.00. The van der Waals surface area contributed by atoms with Gasteiger partial charge >= 0.3 is 0 Å². The number of thiocarbonyl (C=S) groups is 1. The molecule has 0 saturated carbocycles. The molecular formula is C10H11N3OS. The summed E-state index contributed by atoms with van der Waals surface area (Å²) in [6.45, 7) is 0. The number of hydrogen-bond acceptors (Lipinski definition) is 3. The molecule has 5 heteroatoms. The van der Waals surface area contributed by atoms with E-state index in [9.17, 15) is 4.79 Å². The lowest BCUT2D eigenvalue weighted by Gasteiger charge is -2.01. The highest BCUT2D eigenvalue weighted by Gasteiger charge is 1.97. The topological polar surface area (TPSA) is 67.2 Å². The number of amides is 1. The average Bonchev–Trinajstić information content (AvgIpc) is 2.27. The second kappa shape index (κ2) is 5.90. The Kier molecular flexibility index (Phi) is 4.46. The molecule has 78 valence electrons. The van der Waals surface area contributed by atoms with Crippen LogP contribution in [0.2, 0.25) is 0 Å². The summed E-state index contributed by atoms with van der Waals surface area (Å²) < 4.78 is 0. The van der Waals surface area contributed by atoms with E-state index >= 15 is 0 Å². The van der Waals surface area contributed by atoms with E-state index in [1.54, 1.807) is 6.08 Å². The number of carbonyl (C=O) groups is 1. The largest absolute Gasteiger partial charge is 0.301 e. The Balaban J connectivity index is 2.52. The molecule has 1 amide bonds. The van der Waals surface area contributed by atoms with Crippen molar-refractivity contribution < 1.29 is 4.79 Å². The minimum absolute atomic E-state index is 0.0951. The van der Waals surface area contributed by atoms with E-state index in [2.05, 4.69) is 23.0 Å². The van der Waals surface area contributed by atoms with Crippen LogP contribution in [0.3, 0.4) is 0 Å². The van der Waals surface area contributed by atoms with Crippen LogP contribution in [0, 0.1) is 0 Å². The van der Waals surface area contributed by atoms with Crippen molar-refractivity contribution in [3.63, 3.8) is 0 Å². The molecule has 0 aliphatic rings. The second-order valence-electron chi connectivity index (χ2n) is 2.71. The van der Waals surface area contributed by atoms with E-state index in [4.69, 9.17) is 5.84 Å². The summed E-state index contributed by atoms with van der Waals surface area (Å²) in [7, 11) is 0. The van der Waals surface area contributed by atoms with E-state index in [1.807, 2.05) is 30.3 Å². The summed E-state index contributed by atoms with van der Waals surface area (Å²) in [6.07, 6.45) is 3.08. The van der Waals surface area contributed by atoms with Crippen molar-refractivity contribution in [3.8, 4) is 0 Å². The van der Waals surface area contributed by atoms with Gasteiger partial charge in [0.2, 0.25) is 5.91 Å². The van der Waals surface area contributed by atoms with Gasteiger partial charge in [0.25, 0.3) is 0 Å². The average molecular weight is 221 g/mol. The van der Waals surface area contributed by atoms with Gasteiger partial charge in [-0.05, 0) is 23.9 Å². The van der Waals surface area contributed by atoms with E-state index < -0.39 is 0 Å². The molecule has 1 aromatic carbocycles. The van der Waals surface area contributed by atoms with Crippen molar-refractivity contribution >= 4 is 29.3 Å². The normalized spacial score (nSPS) is 9.93. The summed E-state index contributed by atoms with van der Waals surface area (Å²) in [5, 5.41) is 2.46. The Labute approximate surface area is 93.1 Å². The van der Waals surface area contributed by atoms with Crippen molar-refractivity contribution in [1.82, 2.24) is 10.7 Å². The van der Waals surface area contributed by atoms with Crippen LogP contribution in [0.15, 0.2) is 36.4 Å². The first-order chi connectivity index (χ1) is 7.22. The predicted octanol–water partition coefficient (Wildman–Crippen LogP) is 0.564. The van der Waals surface area contributed by atoms with Crippen LogP contribution < -0.4 is 16.6 Å². The number of rotatable bonds is 2. The molecule has 0 radical (unpaired) electrons. The molecule has 0 aliphatic carbocycles. The minimum Gasteiger partial charge on any atom is -0.301 e. The van der Waals surface area contributed by atoms with Crippen LogP contribution in [0.4, 0.5) is 0 Å². The van der Waals surface area contributed by atoms with E-state index in [1.165, 1.54) is 6.08 Å². The lowest BCUT2D eigenvalue weighted by Crippen LogP contribution is -2.42. The first kappa shape index (κ1) is 11.4. The molecule has 4 N–H and O–H groups in total. The van der Waals surface area contributed by atoms with Gasteiger partial charge in [0.05, 0.1) is 0 Å². The molecule has 4 nitrogen and oxygen atoms in total. The molecule has 1 rings (SSSR count). The SMILES string of the molecule is NNC(=S)NC(=O)C=Cc1ccccc1. The smallest absolute Gasteiger partial charge is 0.250 e. The highest BCUT2D eigenvalue weighted by atomic mass is 32.1. The Morgan fingerprint density at radius 1 is 1.33 bits per heavy atom. The Morgan fingerprint density at radius 2 is 2.00 bits per heavy atom. The van der Waals surface area contributed by atoms with Gasteiger partial charge in [-0.15, -0.1) is 0 Å². The molecule has 1 aromatic rings. The zero-order chi connectivity index (χ0) is 11.1. The van der Waals surface area contributed by atoms with Crippen LogP contribution in [0.5, 0.6) is 0 Å². The van der Waals surface area contributed by atoms with E-state index in [-0.39, 0.29) is 11.0 Å². The van der Waals surface area contributed by atoms with Crippen LogP contribution in [-0.2, 0) is 4.79 Å². The standard InChI is InChI=1S/C10H11N3OS/c11-13-10(15)12-9(14)7-6-8-4-2-1-3-5-8/h1-7H,11H2,(H2,12,13,14,15). The lowest BCUT2D eigenvalue weighted by molar-refractivity contribution is -0.115. The molecule has 0 aliphatic heterocycles. The Hall–Kier alpha value is -1.72.